The molecule has 0 aromatic heterocycles. The van der Waals surface area contributed by atoms with Crippen molar-refractivity contribution in [2.75, 3.05) is 57.4 Å². The van der Waals surface area contributed by atoms with Crippen molar-refractivity contribution in [2.24, 2.45) is 0 Å². The second kappa shape index (κ2) is 32.2. The number of fused-ring (bicyclic) bond motifs is 4. The highest BCUT2D eigenvalue weighted by Crippen LogP contribution is 2.49. The van der Waals surface area contributed by atoms with Crippen LogP contribution in [0.4, 0.5) is 5.69 Å². The maximum Gasteiger partial charge on any atom is 0.472 e. The van der Waals surface area contributed by atoms with Crippen LogP contribution in [0.15, 0.2) is 40.1 Å². The van der Waals surface area contributed by atoms with Gasteiger partial charge in [-0.2, -0.15) is 8.42 Å². The lowest BCUT2D eigenvalue weighted by Crippen LogP contribution is -2.45. The molecule has 17 nitrogen and oxygen atoms in total. The molecule has 2 unspecified atom stereocenters. The minimum atomic E-state index is -5.07. The third-order valence-electron chi connectivity index (χ3n) is 17.3. The molecule has 0 saturated heterocycles. The molecule has 84 heavy (non-hydrogen) atoms. The first-order valence-corrected chi connectivity index (χ1v) is 36.5. The molecule has 5 aliphatic rings. The number of nitrogens with one attached hydrogen (secondary N) is 1. The average Bonchev–Trinajstić information content (AvgIpc) is 1.04. The molecule has 5 heterocycles. The molecule has 3 aromatic rings. The summed E-state index contributed by atoms with van der Waals surface area (Å²) in [5, 5.41) is 1.87. The van der Waals surface area contributed by atoms with Gasteiger partial charge in [0.15, 0.2) is 6.10 Å². The third-order valence-corrected chi connectivity index (χ3v) is 20.6. The summed E-state index contributed by atoms with van der Waals surface area (Å²) >= 11 is 0. The monoisotopic (exact) mass is 1220 g/mol. The Balaban J connectivity index is 0.901. The quantitative estimate of drug-likeness (QED) is 0.0125. The molecule has 8 rings (SSSR count). The zero-order chi connectivity index (χ0) is 59.5. The normalized spacial score (nSPS) is 16.5. The summed E-state index contributed by atoms with van der Waals surface area (Å²) in [6, 6.07) is 7.83. The Labute approximate surface area is 500 Å². The number of hydrogen-bond donors (Lipinski definition) is 3. The van der Waals surface area contributed by atoms with Crippen molar-refractivity contribution in [3.05, 3.63) is 74.3 Å². The van der Waals surface area contributed by atoms with E-state index in [1.54, 1.807) is 0 Å². The van der Waals surface area contributed by atoms with Crippen molar-refractivity contribution in [3.8, 4) is 11.5 Å². The standard InChI is InChI=1S/C64H94N3O14PS2/c1-3-5-7-9-11-13-15-17-19-21-23-33-58(68)77-46-50(80-59(69)34-24-22-20-18-16-14-12-10-8-6-4-2)47-79-82(70,71)78-42-37-65-83(72,73)51-35-36-52(57(45-51)84(74,75)76)60-55-43-48-29-25-38-66-40-27-31-53(61(48)66)63(55)81-64-54-32-28-41-67-39-26-30-49(62(54)67)44-56(60)64/h35-36,43-45,50,65H,3-34,37-42,46-47H2,1-2H3,(H-,70,71,74,75,76)/p+1. The van der Waals surface area contributed by atoms with Crippen molar-refractivity contribution in [2.45, 2.75) is 235 Å². The van der Waals surface area contributed by atoms with Gasteiger partial charge in [0.1, 0.15) is 36.1 Å². The van der Waals surface area contributed by atoms with Crippen LogP contribution in [-0.2, 0) is 78.5 Å². The zero-order valence-corrected chi connectivity index (χ0v) is 52.7. The van der Waals surface area contributed by atoms with Gasteiger partial charge in [-0.3, -0.25) is 23.2 Å². The van der Waals surface area contributed by atoms with E-state index in [-0.39, 0.29) is 18.4 Å². The lowest BCUT2D eigenvalue weighted by molar-refractivity contribution is -0.161. The van der Waals surface area contributed by atoms with Crippen LogP contribution in [0.1, 0.15) is 227 Å². The Morgan fingerprint density at radius 1 is 0.667 bits per heavy atom. The van der Waals surface area contributed by atoms with E-state index in [1.165, 1.54) is 107 Å². The minimum Gasteiger partial charge on any atom is -0.462 e. The van der Waals surface area contributed by atoms with Gasteiger partial charge in [-0.15, -0.1) is 0 Å². The maximum atomic E-state index is 14.0. The molecular weight excluding hydrogens is 1130 g/mol. The number of phosphoric ester groups is 1. The van der Waals surface area contributed by atoms with E-state index < -0.39 is 82.2 Å². The largest absolute Gasteiger partial charge is 0.472 e. The van der Waals surface area contributed by atoms with E-state index in [2.05, 4.69) is 40.2 Å². The smallest absolute Gasteiger partial charge is 0.462 e. The molecular formula is C64H95N3O14PS2+. The number of hydrogen-bond acceptors (Lipinski definition) is 13. The maximum absolute atomic E-state index is 14.0. The van der Waals surface area contributed by atoms with Gasteiger partial charge in [0, 0.05) is 84.1 Å². The van der Waals surface area contributed by atoms with Gasteiger partial charge in [0.25, 0.3) is 10.1 Å². The number of unbranched alkanes of at least 4 members (excludes halogenated alkanes) is 20. The molecule has 2 atom stereocenters. The summed E-state index contributed by atoms with van der Waals surface area (Å²) in [7, 11) is -14.5. The van der Waals surface area contributed by atoms with E-state index in [9.17, 15) is 40.4 Å². The number of carbonyl (C=O) groups is 2. The molecule has 3 aromatic carbocycles. The fourth-order valence-corrected chi connectivity index (χ4v) is 15.6. The Hall–Kier alpha value is -4.20. The molecule has 0 amide bonds. The molecule has 0 radical (unpaired) electrons. The van der Waals surface area contributed by atoms with Crippen LogP contribution in [-0.4, -0.2) is 96.9 Å². The molecule has 0 bridgehead atoms. The highest BCUT2D eigenvalue weighted by Gasteiger charge is 2.37. The van der Waals surface area contributed by atoms with Crippen molar-refractivity contribution < 1.29 is 63.7 Å². The molecule has 5 aliphatic heterocycles. The third kappa shape index (κ3) is 18.2. The summed E-state index contributed by atoms with van der Waals surface area (Å²) in [5.41, 5.74) is 6.98. The predicted molar refractivity (Wildman–Crippen MR) is 326 cm³/mol. The minimum absolute atomic E-state index is 0.112. The Morgan fingerprint density at radius 3 is 1.87 bits per heavy atom. The Bertz CT molecular complexity index is 3140. The molecule has 0 aliphatic carbocycles. The lowest BCUT2D eigenvalue weighted by Gasteiger charge is -2.39. The van der Waals surface area contributed by atoms with E-state index in [4.69, 9.17) is 23.3 Å². The number of sulfonamides is 1. The summed E-state index contributed by atoms with van der Waals surface area (Å²) in [4.78, 5) is 37.9. The van der Waals surface area contributed by atoms with Crippen LogP contribution >= 0.6 is 7.82 Å². The molecule has 0 saturated carbocycles. The second-order valence-electron chi connectivity index (χ2n) is 23.8. The summed E-state index contributed by atoms with van der Waals surface area (Å²) in [6.45, 7) is 5.93. The van der Waals surface area contributed by atoms with Crippen molar-refractivity contribution in [3.63, 3.8) is 0 Å². The molecule has 466 valence electrons. The van der Waals surface area contributed by atoms with Crippen molar-refractivity contribution in [1.29, 1.82) is 0 Å². The number of aryl methyl sites for hydroxylation is 2. The number of ether oxygens (including phenoxy) is 3. The topological polar surface area (TPSA) is 224 Å². The number of rotatable bonds is 38. The van der Waals surface area contributed by atoms with Gasteiger partial charge in [-0.1, -0.05) is 148 Å². The molecule has 0 fully saturated rings. The van der Waals surface area contributed by atoms with E-state index in [1.807, 2.05) is 0 Å². The summed E-state index contributed by atoms with van der Waals surface area (Å²) in [6.07, 6.45) is 30.7. The van der Waals surface area contributed by atoms with E-state index >= 15 is 0 Å². The number of esters is 2. The molecule has 20 heteroatoms. The van der Waals surface area contributed by atoms with Crippen LogP contribution in [0.3, 0.4) is 0 Å². The zero-order valence-electron chi connectivity index (χ0n) is 50.2. The average molecular weight is 1230 g/mol. The first-order chi connectivity index (χ1) is 40.6. The van der Waals surface area contributed by atoms with Gasteiger partial charge in [-0.25, -0.2) is 22.3 Å². The Kier molecular flexibility index (Phi) is 25.2. The molecule has 0 spiro atoms. The number of phosphoric acid groups is 1. The fraction of sp³-hybridized carbons (Fsp3) is 0.672. The summed E-state index contributed by atoms with van der Waals surface area (Å²) in [5.74, 6) is 0.282. The number of nitrogens with zero attached hydrogens (tertiary/aromatic N) is 2. The predicted octanol–water partition coefficient (Wildman–Crippen LogP) is 11.6. The van der Waals surface area contributed by atoms with Gasteiger partial charge in [-0.05, 0) is 81.2 Å². The highest BCUT2D eigenvalue weighted by molar-refractivity contribution is 7.89. The van der Waals surface area contributed by atoms with Gasteiger partial charge in [0.2, 0.25) is 15.4 Å². The number of benzene rings is 3. The number of carbonyl (C=O) groups excluding carboxylic acids is 2. The Morgan fingerprint density at radius 2 is 1.24 bits per heavy atom. The lowest BCUT2D eigenvalue weighted by atomic mass is 9.82. The second-order valence-corrected chi connectivity index (χ2v) is 28.4. The molecule has 3 N–H and O–H groups in total. The van der Waals surface area contributed by atoms with Crippen LogP contribution in [0.2, 0.25) is 0 Å². The first kappa shape index (κ1) is 65.8. The SMILES string of the molecule is CCCCCCCCCCCCCC(=O)OCC(COP(=O)(O)OCCNS(=O)(=O)c1ccc(C2=c3cc4c5c(c3Oc3c2cc2c6c3CCCN6CCC2)CCC[N+]=5CCC4)c(S(=O)(=O)O)c1)OC(=O)CCCCCCCCCCCCC. The number of anilines is 1. The van der Waals surface area contributed by atoms with Crippen LogP contribution in [0.25, 0.3) is 5.57 Å². The van der Waals surface area contributed by atoms with Crippen LogP contribution in [0.5, 0.6) is 11.5 Å². The van der Waals surface area contributed by atoms with Crippen LogP contribution < -0.4 is 29.5 Å². The van der Waals surface area contributed by atoms with E-state index in [0.717, 1.165) is 151 Å². The van der Waals surface area contributed by atoms with Gasteiger partial charge in [0.05, 0.1) is 23.7 Å². The van der Waals surface area contributed by atoms with Crippen molar-refractivity contribution in [1.82, 2.24) is 9.30 Å². The first-order valence-electron chi connectivity index (χ1n) is 32.1. The fourth-order valence-electron chi connectivity index (χ4n) is 13.0. The van der Waals surface area contributed by atoms with Crippen LogP contribution in [0, 0.1) is 0 Å². The highest BCUT2D eigenvalue weighted by atomic mass is 32.2. The van der Waals surface area contributed by atoms with E-state index in [0.29, 0.717) is 40.7 Å². The van der Waals surface area contributed by atoms with Gasteiger partial charge < -0.3 is 24.0 Å². The van der Waals surface area contributed by atoms with Gasteiger partial charge >= 0.3 is 19.8 Å². The summed E-state index contributed by atoms with van der Waals surface area (Å²) < 4.78 is 113. The van der Waals surface area contributed by atoms with Crippen molar-refractivity contribution >= 4 is 51.2 Å².